The van der Waals surface area contributed by atoms with Gasteiger partial charge in [0, 0.05) is 13.2 Å². The molecule has 1 aromatic heterocycles. The van der Waals surface area contributed by atoms with E-state index in [2.05, 4.69) is 11.1 Å². The van der Waals surface area contributed by atoms with Gasteiger partial charge in [-0.05, 0) is 24.3 Å². The fourth-order valence-electron chi connectivity index (χ4n) is 1.63. The molecule has 1 amide bonds. The van der Waals surface area contributed by atoms with Crippen molar-refractivity contribution in [3.63, 3.8) is 0 Å². The number of amides is 1. The predicted molar refractivity (Wildman–Crippen MR) is 68.1 cm³/mol. The van der Waals surface area contributed by atoms with Gasteiger partial charge in [-0.1, -0.05) is 18.2 Å². The van der Waals surface area contributed by atoms with E-state index in [1.54, 1.807) is 55.7 Å². The van der Waals surface area contributed by atoms with Crippen LogP contribution in [-0.2, 0) is 0 Å². The van der Waals surface area contributed by atoms with E-state index in [4.69, 9.17) is 5.26 Å². The number of carbonyl (C=O) groups is 1. The fraction of sp³-hybridized carbons (Fsp3) is 0.0714. The number of aromatic nitrogens is 1. The van der Waals surface area contributed by atoms with Crippen LogP contribution in [0.5, 0.6) is 0 Å². The third-order valence-corrected chi connectivity index (χ3v) is 2.57. The Morgan fingerprint density at radius 2 is 1.94 bits per heavy atom. The summed E-state index contributed by atoms with van der Waals surface area (Å²) in [5.41, 5.74) is 1.40. The maximum Gasteiger partial charge on any atom is 0.276 e. The zero-order valence-corrected chi connectivity index (χ0v) is 9.87. The molecular formula is C14H11N3O. The van der Waals surface area contributed by atoms with Crippen LogP contribution in [0.1, 0.15) is 16.1 Å². The fourth-order valence-corrected chi connectivity index (χ4v) is 1.63. The normalized spacial score (nSPS) is 9.56. The monoisotopic (exact) mass is 237 g/mol. The number of benzene rings is 1. The van der Waals surface area contributed by atoms with E-state index in [1.165, 1.54) is 4.90 Å². The Morgan fingerprint density at radius 1 is 1.22 bits per heavy atom. The lowest BCUT2D eigenvalue weighted by Crippen LogP contribution is -2.27. The molecule has 0 atom stereocenters. The van der Waals surface area contributed by atoms with Crippen LogP contribution >= 0.6 is 0 Å². The molecule has 0 aliphatic carbocycles. The molecule has 0 fully saturated rings. The Labute approximate surface area is 105 Å². The van der Waals surface area contributed by atoms with E-state index in [0.29, 0.717) is 16.9 Å². The molecule has 2 rings (SSSR count). The second kappa shape index (κ2) is 5.11. The Bertz CT molecular complexity index is 602. The lowest BCUT2D eigenvalue weighted by atomic mass is 10.1. The quantitative estimate of drug-likeness (QED) is 0.804. The Kier molecular flexibility index (Phi) is 3.35. The topological polar surface area (TPSA) is 57.0 Å². The maximum atomic E-state index is 12.2. The SMILES string of the molecule is CN(C(=O)c1ccccn1)c1ccccc1C#N. The number of carbonyl (C=O) groups excluding carboxylic acids is 1. The van der Waals surface area contributed by atoms with Crippen LogP contribution in [0, 0.1) is 11.3 Å². The van der Waals surface area contributed by atoms with E-state index in [9.17, 15) is 4.79 Å². The minimum atomic E-state index is -0.238. The Hall–Kier alpha value is -2.67. The van der Waals surface area contributed by atoms with Crippen molar-refractivity contribution in [2.45, 2.75) is 0 Å². The molecular weight excluding hydrogens is 226 g/mol. The van der Waals surface area contributed by atoms with Crippen molar-refractivity contribution < 1.29 is 4.79 Å². The second-order valence-corrected chi connectivity index (χ2v) is 3.71. The average molecular weight is 237 g/mol. The van der Waals surface area contributed by atoms with Crippen molar-refractivity contribution in [1.29, 1.82) is 5.26 Å². The molecule has 0 aliphatic heterocycles. The van der Waals surface area contributed by atoms with Gasteiger partial charge in [0.2, 0.25) is 0 Å². The molecule has 0 unspecified atom stereocenters. The third-order valence-electron chi connectivity index (χ3n) is 2.57. The summed E-state index contributed by atoms with van der Waals surface area (Å²) in [4.78, 5) is 17.6. The van der Waals surface area contributed by atoms with E-state index < -0.39 is 0 Å². The van der Waals surface area contributed by atoms with Crippen LogP contribution in [0.15, 0.2) is 48.7 Å². The largest absolute Gasteiger partial charge is 0.309 e. The first-order valence-electron chi connectivity index (χ1n) is 5.42. The number of hydrogen-bond acceptors (Lipinski definition) is 3. The van der Waals surface area contributed by atoms with Crippen LogP contribution in [-0.4, -0.2) is 17.9 Å². The molecule has 0 radical (unpaired) electrons. The first-order valence-corrected chi connectivity index (χ1v) is 5.42. The summed E-state index contributed by atoms with van der Waals surface area (Å²) in [6, 6.07) is 14.2. The van der Waals surface area contributed by atoms with E-state index >= 15 is 0 Å². The van der Waals surface area contributed by atoms with Gasteiger partial charge in [0.1, 0.15) is 11.8 Å². The van der Waals surface area contributed by atoms with Gasteiger partial charge in [-0.3, -0.25) is 9.78 Å². The highest BCUT2D eigenvalue weighted by Gasteiger charge is 2.16. The molecule has 18 heavy (non-hydrogen) atoms. The summed E-state index contributed by atoms with van der Waals surface area (Å²) in [6.45, 7) is 0. The minimum Gasteiger partial charge on any atom is -0.309 e. The molecule has 0 N–H and O–H groups in total. The molecule has 4 heteroatoms. The Morgan fingerprint density at radius 3 is 2.61 bits per heavy atom. The summed E-state index contributed by atoms with van der Waals surface area (Å²) in [6.07, 6.45) is 1.57. The van der Waals surface area contributed by atoms with Gasteiger partial charge in [-0.15, -0.1) is 0 Å². The van der Waals surface area contributed by atoms with Crippen molar-refractivity contribution in [3.05, 3.63) is 59.9 Å². The maximum absolute atomic E-state index is 12.2. The summed E-state index contributed by atoms with van der Waals surface area (Å²) in [7, 11) is 1.63. The third kappa shape index (κ3) is 2.20. The second-order valence-electron chi connectivity index (χ2n) is 3.71. The van der Waals surface area contributed by atoms with E-state index in [-0.39, 0.29) is 5.91 Å². The van der Waals surface area contributed by atoms with Gasteiger partial charge in [-0.2, -0.15) is 5.26 Å². The molecule has 1 heterocycles. The highest BCUT2D eigenvalue weighted by atomic mass is 16.2. The zero-order chi connectivity index (χ0) is 13.0. The highest BCUT2D eigenvalue weighted by molar-refractivity contribution is 6.05. The van der Waals surface area contributed by atoms with Gasteiger partial charge in [0.25, 0.3) is 5.91 Å². The van der Waals surface area contributed by atoms with Crippen LogP contribution in [0.2, 0.25) is 0 Å². The number of pyridine rings is 1. The molecule has 2 aromatic rings. The van der Waals surface area contributed by atoms with Crippen molar-refractivity contribution in [2.24, 2.45) is 0 Å². The molecule has 88 valence electrons. The van der Waals surface area contributed by atoms with Gasteiger partial charge < -0.3 is 4.90 Å². The smallest absolute Gasteiger partial charge is 0.276 e. The number of nitrogens with zero attached hydrogens (tertiary/aromatic N) is 3. The van der Waals surface area contributed by atoms with E-state index in [0.717, 1.165) is 0 Å². The first-order chi connectivity index (χ1) is 8.74. The summed E-state index contributed by atoms with van der Waals surface area (Å²) < 4.78 is 0. The van der Waals surface area contributed by atoms with Crippen LogP contribution < -0.4 is 4.90 Å². The number of anilines is 1. The first kappa shape index (κ1) is 11.8. The summed E-state index contributed by atoms with van der Waals surface area (Å²) >= 11 is 0. The molecule has 0 saturated heterocycles. The summed E-state index contributed by atoms with van der Waals surface area (Å²) in [5, 5.41) is 9.02. The van der Waals surface area contributed by atoms with Crippen molar-refractivity contribution in [1.82, 2.24) is 4.98 Å². The number of rotatable bonds is 2. The number of nitriles is 1. The molecule has 0 saturated carbocycles. The van der Waals surface area contributed by atoms with Gasteiger partial charge >= 0.3 is 0 Å². The molecule has 0 bridgehead atoms. The van der Waals surface area contributed by atoms with Crippen LogP contribution in [0.4, 0.5) is 5.69 Å². The van der Waals surface area contributed by atoms with Crippen molar-refractivity contribution in [3.8, 4) is 6.07 Å². The number of hydrogen-bond donors (Lipinski definition) is 0. The van der Waals surface area contributed by atoms with Gasteiger partial charge in [-0.25, -0.2) is 0 Å². The van der Waals surface area contributed by atoms with E-state index in [1.807, 2.05) is 0 Å². The zero-order valence-electron chi connectivity index (χ0n) is 9.87. The van der Waals surface area contributed by atoms with Crippen molar-refractivity contribution >= 4 is 11.6 Å². The number of para-hydroxylation sites is 1. The summed E-state index contributed by atoms with van der Waals surface area (Å²) in [5.74, 6) is -0.238. The average Bonchev–Trinajstić information content (AvgIpc) is 2.46. The lowest BCUT2D eigenvalue weighted by molar-refractivity contribution is 0.0988. The lowest BCUT2D eigenvalue weighted by Gasteiger charge is -2.17. The van der Waals surface area contributed by atoms with Gasteiger partial charge in [0.05, 0.1) is 11.3 Å². The molecule has 0 aliphatic rings. The van der Waals surface area contributed by atoms with Crippen LogP contribution in [0.3, 0.4) is 0 Å². The van der Waals surface area contributed by atoms with Crippen LogP contribution in [0.25, 0.3) is 0 Å². The standard InChI is InChI=1S/C14H11N3O/c1-17(13-8-3-2-6-11(13)10-15)14(18)12-7-4-5-9-16-12/h2-9H,1H3. The van der Waals surface area contributed by atoms with Crippen molar-refractivity contribution in [2.75, 3.05) is 11.9 Å². The highest BCUT2D eigenvalue weighted by Crippen LogP contribution is 2.19. The molecule has 1 aromatic carbocycles. The molecule has 4 nitrogen and oxygen atoms in total. The minimum absolute atomic E-state index is 0.238. The Balaban J connectivity index is 2.35. The molecule has 0 spiro atoms. The van der Waals surface area contributed by atoms with Gasteiger partial charge in [0.15, 0.2) is 0 Å². The predicted octanol–water partition coefficient (Wildman–Crippen LogP) is 2.23.